The number of halogens is 1. The Morgan fingerprint density at radius 3 is 2.81 bits per heavy atom. The second-order valence-electron chi connectivity index (χ2n) is 10.1. The Balaban J connectivity index is 1.16. The third kappa shape index (κ3) is 4.81. The lowest BCUT2D eigenvalue weighted by Gasteiger charge is -2.36. The molecule has 2 aliphatic heterocycles. The number of aromatic nitrogens is 2. The van der Waals surface area contributed by atoms with Gasteiger partial charge in [-0.2, -0.15) is 4.31 Å². The molecule has 0 bridgehead atoms. The monoisotopic (exact) mass is 534 g/mol. The Morgan fingerprint density at radius 2 is 1.95 bits per heavy atom. The average Bonchev–Trinajstić information content (AvgIpc) is 3.35. The van der Waals surface area contributed by atoms with Gasteiger partial charge >= 0.3 is 0 Å². The molecule has 2 aromatic carbocycles. The summed E-state index contributed by atoms with van der Waals surface area (Å²) in [7, 11) is -3.63. The number of nitrogens with zero attached hydrogens (tertiary/aromatic N) is 3. The van der Waals surface area contributed by atoms with Gasteiger partial charge in [0.1, 0.15) is 4.90 Å². The molecule has 37 heavy (non-hydrogen) atoms. The van der Waals surface area contributed by atoms with Crippen LogP contribution in [-0.2, 0) is 10.0 Å². The van der Waals surface area contributed by atoms with Gasteiger partial charge in [-0.05, 0) is 56.0 Å². The van der Waals surface area contributed by atoms with Crippen LogP contribution >= 0.6 is 11.6 Å². The number of H-pyrrole nitrogens is 1. The van der Waals surface area contributed by atoms with E-state index in [9.17, 15) is 8.42 Å². The first-order chi connectivity index (χ1) is 18.0. The maximum Gasteiger partial charge on any atom is 0.245 e. The summed E-state index contributed by atoms with van der Waals surface area (Å²) in [5.41, 5.74) is 3.67. The third-order valence-corrected chi connectivity index (χ3v) is 10.1. The van der Waals surface area contributed by atoms with E-state index < -0.39 is 10.0 Å². The lowest BCUT2D eigenvalue weighted by molar-refractivity contribution is 0.206. The van der Waals surface area contributed by atoms with Crippen molar-refractivity contribution < 1.29 is 8.42 Å². The summed E-state index contributed by atoms with van der Waals surface area (Å²) in [6, 6.07) is 13.6. The van der Waals surface area contributed by atoms with Crippen molar-refractivity contribution >= 4 is 48.9 Å². The molecule has 1 fully saturated rings. The van der Waals surface area contributed by atoms with E-state index in [1.54, 1.807) is 10.5 Å². The highest BCUT2D eigenvalue weighted by atomic mass is 35.5. The number of fused-ring (bicyclic) bond motifs is 2. The Bertz CT molecular complexity index is 1570. The van der Waals surface area contributed by atoms with Gasteiger partial charge in [0.2, 0.25) is 10.0 Å². The molecule has 0 radical (unpaired) electrons. The van der Waals surface area contributed by atoms with Crippen LogP contribution in [0.15, 0.2) is 72.0 Å². The molecule has 0 aliphatic carbocycles. The van der Waals surface area contributed by atoms with Crippen LogP contribution in [0.4, 0.5) is 0 Å². The second kappa shape index (κ2) is 10.2. The predicted octanol–water partition coefficient (Wildman–Crippen LogP) is 6.09. The Morgan fingerprint density at radius 1 is 1.05 bits per heavy atom. The number of hydrogen-bond acceptors (Lipinski definition) is 4. The lowest BCUT2D eigenvalue weighted by atomic mass is 9.98. The molecule has 1 saturated heterocycles. The van der Waals surface area contributed by atoms with E-state index in [0.717, 1.165) is 78.4 Å². The first-order valence-electron chi connectivity index (χ1n) is 13.0. The molecular formula is C29H31ClN4O2S. The number of rotatable bonds is 6. The van der Waals surface area contributed by atoms with Crippen molar-refractivity contribution in [2.75, 3.05) is 26.2 Å². The molecule has 1 N–H and O–H groups in total. The van der Waals surface area contributed by atoms with E-state index >= 15 is 0 Å². The largest absolute Gasteiger partial charge is 0.361 e. The average molecular weight is 535 g/mol. The molecule has 2 aromatic heterocycles. The normalized spacial score (nSPS) is 19.9. The SMILES string of the molecule is O=S(=O)(c1cncc2ccccc12)N1CCCC[C@@H]1CCN1CC=C(c2c[nH]c3ccc(Cl)cc23)CC1. The molecule has 0 saturated carbocycles. The fourth-order valence-corrected chi connectivity index (χ4v) is 7.90. The van der Waals surface area contributed by atoms with E-state index in [1.165, 1.54) is 17.3 Å². The van der Waals surface area contributed by atoms with Gasteiger partial charge in [0, 0.05) is 76.5 Å². The number of sulfonamides is 1. The van der Waals surface area contributed by atoms with Gasteiger partial charge < -0.3 is 4.98 Å². The van der Waals surface area contributed by atoms with Gasteiger partial charge in [-0.3, -0.25) is 9.88 Å². The zero-order chi connectivity index (χ0) is 25.4. The minimum absolute atomic E-state index is 0.0128. The fourth-order valence-electron chi connectivity index (χ4n) is 5.85. The summed E-state index contributed by atoms with van der Waals surface area (Å²) in [6.45, 7) is 3.29. The smallest absolute Gasteiger partial charge is 0.245 e. The van der Waals surface area contributed by atoms with Crippen molar-refractivity contribution in [1.29, 1.82) is 0 Å². The van der Waals surface area contributed by atoms with Gasteiger partial charge in [-0.1, -0.05) is 48.4 Å². The van der Waals surface area contributed by atoms with Crippen LogP contribution in [-0.4, -0.2) is 59.8 Å². The molecule has 4 heterocycles. The highest BCUT2D eigenvalue weighted by Gasteiger charge is 2.34. The van der Waals surface area contributed by atoms with Gasteiger partial charge in [0.15, 0.2) is 0 Å². The highest BCUT2D eigenvalue weighted by Crippen LogP contribution is 2.33. The fraction of sp³-hybridized carbons (Fsp3) is 0.345. The van der Waals surface area contributed by atoms with E-state index in [2.05, 4.69) is 27.1 Å². The Kier molecular flexibility index (Phi) is 6.80. The van der Waals surface area contributed by atoms with Crippen LogP contribution in [0.2, 0.25) is 5.02 Å². The van der Waals surface area contributed by atoms with Crippen LogP contribution in [0, 0.1) is 0 Å². The molecule has 6 rings (SSSR count). The molecule has 8 heteroatoms. The minimum Gasteiger partial charge on any atom is -0.361 e. The number of pyridine rings is 1. The summed E-state index contributed by atoms with van der Waals surface area (Å²) in [6.07, 6.45) is 12.3. The summed E-state index contributed by atoms with van der Waals surface area (Å²) in [5, 5.41) is 3.51. The zero-order valence-electron chi connectivity index (χ0n) is 20.7. The summed E-state index contributed by atoms with van der Waals surface area (Å²) >= 11 is 6.24. The van der Waals surface area contributed by atoms with E-state index in [1.807, 2.05) is 42.5 Å². The van der Waals surface area contributed by atoms with Crippen LogP contribution in [0.25, 0.3) is 27.2 Å². The minimum atomic E-state index is -3.63. The van der Waals surface area contributed by atoms with Gasteiger partial charge in [-0.25, -0.2) is 8.42 Å². The zero-order valence-corrected chi connectivity index (χ0v) is 22.3. The van der Waals surface area contributed by atoms with Crippen molar-refractivity contribution in [3.05, 3.63) is 77.7 Å². The standard InChI is InChI=1S/C29H31ClN4O2S/c30-23-8-9-28-26(17-23)27(19-32-28)21-10-14-33(15-11-21)16-12-24-6-3-4-13-34(24)37(35,36)29-20-31-18-22-5-1-2-7-25(22)29/h1-2,5,7-10,17-20,24,32H,3-4,6,11-16H2/t24-/m1/s1. The van der Waals surface area contributed by atoms with Crippen molar-refractivity contribution in [3.8, 4) is 0 Å². The van der Waals surface area contributed by atoms with Gasteiger partial charge in [0.25, 0.3) is 0 Å². The molecule has 0 amide bonds. The summed E-state index contributed by atoms with van der Waals surface area (Å²) in [5.74, 6) is 0. The molecule has 192 valence electrons. The molecule has 1 atom stereocenters. The third-order valence-electron chi connectivity index (χ3n) is 7.85. The summed E-state index contributed by atoms with van der Waals surface area (Å²) < 4.78 is 29.4. The number of nitrogens with one attached hydrogen (secondary N) is 1. The number of piperidine rings is 1. The van der Waals surface area contributed by atoms with Crippen molar-refractivity contribution in [2.24, 2.45) is 0 Å². The molecule has 2 aliphatic rings. The topological polar surface area (TPSA) is 69.3 Å². The van der Waals surface area contributed by atoms with Crippen LogP contribution in [0.3, 0.4) is 0 Å². The number of aromatic amines is 1. The van der Waals surface area contributed by atoms with Crippen molar-refractivity contribution in [3.63, 3.8) is 0 Å². The first-order valence-corrected chi connectivity index (χ1v) is 14.9. The quantitative estimate of drug-likeness (QED) is 0.325. The molecule has 0 spiro atoms. The molecule has 4 aromatic rings. The summed E-state index contributed by atoms with van der Waals surface area (Å²) in [4.78, 5) is 10.4. The predicted molar refractivity (Wildman–Crippen MR) is 150 cm³/mol. The Labute approximate surface area is 223 Å². The van der Waals surface area contributed by atoms with Gasteiger partial charge in [0.05, 0.1) is 0 Å². The van der Waals surface area contributed by atoms with Crippen LogP contribution < -0.4 is 0 Å². The number of benzene rings is 2. The molecule has 6 nitrogen and oxygen atoms in total. The van der Waals surface area contributed by atoms with Crippen LogP contribution in [0.5, 0.6) is 0 Å². The maximum atomic E-state index is 13.8. The Hall–Kier alpha value is -2.71. The molecular weight excluding hydrogens is 504 g/mol. The second-order valence-corrected chi connectivity index (χ2v) is 12.4. The van der Waals surface area contributed by atoms with Crippen molar-refractivity contribution in [1.82, 2.24) is 19.2 Å². The highest BCUT2D eigenvalue weighted by molar-refractivity contribution is 7.89. The van der Waals surface area contributed by atoms with Crippen molar-refractivity contribution in [2.45, 2.75) is 43.0 Å². The van der Waals surface area contributed by atoms with E-state index in [-0.39, 0.29) is 6.04 Å². The van der Waals surface area contributed by atoms with Crippen LogP contribution in [0.1, 0.15) is 37.7 Å². The lowest BCUT2D eigenvalue weighted by Crippen LogP contribution is -2.45. The number of hydrogen-bond donors (Lipinski definition) is 1. The van der Waals surface area contributed by atoms with E-state index in [4.69, 9.17) is 11.6 Å². The maximum absolute atomic E-state index is 13.8. The van der Waals surface area contributed by atoms with Gasteiger partial charge in [-0.15, -0.1) is 0 Å². The van der Waals surface area contributed by atoms with E-state index in [0.29, 0.717) is 11.4 Å². The molecule has 0 unspecified atom stereocenters. The first kappa shape index (κ1) is 24.6.